The van der Waals surface area contributed by atoms with E-state index in [1.807, 2.05) is 27.7 Å². The average Bonchev–Trinajstić information content (AvgIpc) is 3.34. The Labute approximate surface area is 137 Å². The summed E-state index contributed by atoms with van der Waals surface area (Å²) >= 11 is 0. The molecule has 2 heteroatoms. The number of rotatable bonds is 2. The highest BCUT2D eigenvalue weighted by Crippen LogP contribution is 2.67. The van der Waals surface area contributed by atoms with Gasteiger partial charge in [-0.3, -0.25) is 4.79 Å². The first-order chi connectivity index (χ1) is 10.7. The third-order valence-electron chi connectivity index (χ3n) is 6.87. The Kier molecular flexibility index (Phi) is 6.35. The molecule has 22 heavy (non-hydrogen) atoms. The van der Waals surface area contributed by atoms with E-state index in [2.05, 4.69) is 4.74 Å². The zero-order valence-corrected chi connectivity index (χ0v) is 15.3. The summed E-state index contributed by atoms with van der Waals surface area (Å²) in [4.78, 5) is 10.5. The van der Waals surface area contributed by atoms with Crippen molar-refractivity contribution >= 4 is 5.97 Å². The quantitative estimate of drug-likeness (QED) is 0.510. The summed E-state index contributed by atoms with van der Waals surface area (Å²) in [7, 11) is 1.41. The predicted molar refractivity (Wildman–Crippen MR) is 91.5 cm³/mol. The molecule has 0 N–H and O–H groups in total. The molecule has 0 aromatic carbocycles. The highest BCUT2D eigenvalue weighted by Gasteiger charge is 2.59. The number of esters is 1. The van der Waals surface area contributed by atoms with E-state index in [1.165, 1.54) is 42.6 Å². The smallest absolute Gasteiger partial charge is 0.308 e. The summed E-state index contributed by atoms with van der Waals surface area (Å²) in [5.41, 5.74) is 0. The summed E-state index contributed by atoms with van der Waals surface area (Å²) in [5, 5.41) is 0. The molecule has 4 fully saturated rings. The summed E-state index contributed by atoms with van der Waals surface area (Å²) in [5.74, 6) is 7.23. The Morgan fingerprint density at radius 1 is 0.955 bits per heavy atom. The lowest BCUT2D eigenvalue weighted by atomic mass is 9.71. The van der Waals surface area contributed by atoms with Gasteiger partial charge < -0.3 is 4.74 Å². The molecule has 5 atom stereocenters. The van der Waals surface area contributed by atoms with Gasteiger partial charge in [-0.1, -0.05) is 27.7 Å². The second-order valence-corrected chi connectivity index (χ2v) is 7.65. The van der Waals surface area contributed by atoms with Crippen LogP contribution < -0.4 is 0 Å². The van der Waals surface area contributed by atoms with Crippen molar-refractivity contribution in [3.63, 3.8) is 0 Å². The number of hydrogen-bond donors (Lipinski definition) is 0. The van der Waals surface area contributed by atoms with Crippen molar-refractivity contribution in [1.29, 1.82) is 0 Å². The van der Waals surface area contributed by atoms with Crippen molar-refractivity contribution < 1.29 is 9.53 Å². The molecule has 128 valence electrons. The van der Waals surface area contributed by atoms with Crippen molar-refractivity contribution in [2.45, 2.75) is 72.6 Å². The van der Waals surface area contributed by atoms with Crippen molar-refractivity contribution in [3.8, 4) is 0 Å². The largest absolute Gasteiger partial charge is 0.469 e. The summed E-state index contributed by atoms with van der Waals surface area (Å²) in [6.07, 6.45) is 10.6. The minimum atomic E-state index is -0.118. The highest BCUT2D eigenvalue weighted by molar-refractivity contribution is 5.71. The Morgan fingerprint density at radius 3 is 1.55 bits per heavy atom. The van der Waals surface area contributed by atoms with E-state index in [4.69, 9.17) is 0 Å². The standard InChI is InChI=1S/C12H18.C6H12O2.C2H6/c1-2-8-5-7(1)11-9-3-4-10(6-9)12(8)11;1-4-5(2)6(7)8-3;1-2/h7-12H,1-6H2;5H,4H2,1-3H3;1-2H3. The maximum atomic E-state index is 10.5. The molecule has 4 aliphatic carbocycles. The van der Waals surface area contributed by atoms with Crippen LogP contribution in [0.4, 0.5) is 0 Å². The lowest BCUT2D eigenvalue weighted by Gasteiger charge is -2.34. The van der Waals surface area contributed by atoms with Gasteiger partial charge in [-0.05, 0) is 80.5 Å². The van der Waals surface area contributed by atoms with Crippen LogP contribution in [0.2, 0.25) is 0 Å². The fourth-order valence-corrected chi connectivity index (χ4v) is 5.90. The van der Waals surface area contributed by atoms with Crippen LogP contribution in [0.25, 0.3) is 0 Å². The summed E-state index contributed by atoms with van der Waals surface area (Å²) in [6, 6.07) is 0. The number of fused-ring (bicyclic) bond motifs is 9. The SMILES string of the molecule is C1CC2CC1C1C3CCC(C3)C21.CC.CCC(C)C(=O)OC. The molecule has 0 spiro atoms. The van der Waals surface area contributed by atoms with Crippen LogP contribution in [0.5, 0.6) is 0 Å². The molecule has 4 saturated carbocycles. The molecule has 0 radical (unpaired) electrons. The predicted octanol–water partition coefficient (Wildman–Crippen LogP) is 5.31. The number of ether oxygens (including phenoxy) is 1. The number of methoxy groups -OCH3 is 1. The third-order valence-corrected chi connectivity index (χ3v) is 6.87. The lowest BCUT2D eigenvalue weighted by molar-refractivity contribution is -0.144. The van der Waals surface area contributed by atoms with Gasteiger partial charge in [-0.2, -0.15) is 0 Å². The molecule has 4 bridgehead atoms. The zero-order valence-electron chi connectivity index (χ0n) is 15.3. The van der Waals surface area contributed by atoms with Gasteiger partial charge in [0.25, 0.3) is 0 Å². The van der Waals surface area contributed by atoms with Crippen LogP contribution in [0.3, 0.4) is 0 Å². The Balaban J connectivity index is 0.000000157. The third kappa shape index (κ3) is 3.21. The molecule has 0 amide bonds. The first-order valence-electron chi connectivity index (χ1n) is 9.73. The maximum absolute atomic E-state index is 10.5. The van der Waals surface area contributed by atoms with Crippen LogP contribution in [0, 0.1) is 41.4 Å². The van der Waals surface area contributed by atoms with E-state index in [-0.39, 0.29) is 11.9 Å². The molecular weight excluding hydrogens is 272 g/mol. The van der Waals surface area contributed by atoms with E-state index < -0.39 is 0 Å². The lowest BCUT2D eigenvalue weighted by Crippen LogP contribution is -2.27. The molecular formula is C20H36O2. The van der Waals surface area contributed by atoms with Gasteiger partial charge in [-0.15, -0.1) is 0 Å². The van der Waals surface area contributed by atoms with Gasteiger partial charge in [0, 0.05) is 0 Å². The van der Waals surface area contributed by atoms with Crippen molar-refractivity contribution in [2.75, 3.05) is 7.11 Å². The Morgan fingerprint density at radius 2 is 1.32 bits per heavy atom. The molecule has 4 rings (SSSR count). The normalized spacial score (nSPS) is 41.0. The second kappa shape index (κ2) is 7.84. The van der Waals surface area contributed by atoms with Gasteiger partial charge in [0.2, 0.25) is 0 Å². The molecule has 0 saturated heterocycles. The highest BCUT2D eigenvalue weighted by atomic mass is 16.5. The minimum absolute atomic E-state index is 0.0556. The van der Waals surface area contributed by atoms with Gasteiger partial charge in [-0.25, -0.2) is 0 Å². The van der Waals surface area contributed by atoms with Gasteiger partial charge >= 0.3 is 5.97 Å². The summed E-state index contributed by atoms with van der Waals surface area (Å²) < 4.78 is 4.46. The van der Waals surface area contributed by atoms with Gasteiger partial charge in [0.05, 0.1) is 13.0 Å². The molecule has 0 aromatic heterocycles. The topological polar surface area (TPSA) is 26.3 Å². The van der Waals surface area contributed by atoms with Crippen LogP contribution >= 0.6 is 0 Å². The van der Waals surface area contributed by atoms with Crippen molar-refractivity contribution in [2.24, 2.45) is 41.4 Å². The fraction of sp³-hybridized carbons (Fsp3) is 0.950. The summed E-state index contributed by atoms with van der Waals surface area (Å²) in [6.45, 7) is 7.81. The van der Waals surface area contributed by atoms with Crippen LogP contribution in [-0.4, -0.2) is 13.1 Å². The first kappa shape index (κ1) is 17.8. The fourth-order valence-electron chi connectivity index (χ4n) is 5.90. The Bertz CT molecular complexity index is 321. The molecule has 0 aliphatic heterocycles. The van der Waals surface area contributed by atoms with E-state index in [9.17, 15) is 4.79 Å². The van der Waals surface area contributed by atoms with Crippen LogP contribution in [0.15, 0.2) is 0 Å². The van der Waals surface area contributed by atoms with E-state index in [0.717, 1.165) is 6.42 Å². The molecule has 5 unspecified atom stereocenters. The monoisotopic (exact) mass is 308 g/mol. The first-order valence-corrected chi connectivity index (χ1v) is 9.73. The molecule has 0 heterocycles. The van der Waals surface area contributed by atoms with Crippen molar-refractivity contribution in [1.82, 2.24) is 0 Å². The average molecular weight is 309 g/mol. The van der Waals surface area contributed by atoms with Crippen molar-refractivity contribution in [3.05, 3.63) is 0 Å². The van der Waals surface area contributed by atoms with Gasteiger partial charge in [0.1, 0.15) is 0 Å². The number of hydrogen-bond acceptors (Lipinski definition) is 2. The van der Waals surface area contributed by atoms with Crippen LogP contribution in [-0.2, 0) is 9.53 Å². The van der Waals surface area contributed by atoms with E-state index in [0.29, 0.717) is 0 Å². The zero-order chi connectivity index (χ0) is 16.3. The Hall–Kier alpha value is -0.530. The number of carbonyl (C=O) groups is 1. The maximum Gasteiger partial charge on any atom is 0.308 e. The van der Waals surface area contributed by atoms with Crippen LogP contribution in [0.1, 0.15) is 72.6 Å². The van der Waals surface area contributed by atoms with E-state index in [1.54, 1.807) is 38.5 Å². The molecule has 4 aliphatic rings. The number of carbonyl (C=O) groups excluding carboxylic acids is 1. The molecule has 2 nitrogen and oxygen atoms in total. The molecule has 0 aromatic rings. The van der Waals surface area contributed by atoms with Gasteiger partial charge in [0.15, 0.2) is 0 Å². The minimum Gasteiger partial charge on any atom is -0.469 e. The second-order valence-electron chi connectivity index (χ2n) is 7.65. The van der Waals surface area contributed by atoms with E-state index >= 15 is 0 Å².